The second kappa shape index (κ2) is 7.00. The van der Waals surface area contributed by atoms with Gasteiger partial charge in [0.25, 0.3) is 0 Å². The topological polar surface area (TPSA) is 52.8 Å². The van der Waals surface area contributed by atoms with E-state index in [1.807, 2.05) is 59.2 Å². The summed E-state index contributed by atoms with van der Waals surface area (Å²) in [5, 5.41) is 0.877. The first kappa shape index (κ1) is 15.8. The van der Waals surface area contributed by atoms with Gasteiger partial charge in [0, 0.05) is 11.9 Å². The van der Waals surface area contributed by atoms with E-state index in [0.29, 0.717) is 17.9 Å². The van der Waals surface area contributed by atoms with Gasteiger partial charge in [0.05, 0.1) is 19.7 Å². The number of ether oxygens (including phenoxy) is 2. The predicted octanol–water partition coefficient (Wildman–Crippen LogP) is 3.78. The molecule has 0 unspecified atom stereocenters. The molecular formula is C19H18N2O3. The molecule has 0 aliphatic heterocycles. The fraction of sp³-hybridized carbons (Fsp3) is 0.158. The van der Waals surface area contributed by atoms with Crippen LogP contribution in [0.2, 0.25) is 0 Å². The number of aliphatic imine (C=N–C) groups is 1. The van der Waals surface area contributed by atoms with Crippen LogP contribution in [-0.4, -0.2) is 31.2 Å². The van der Waals surface area contributed by atoms with Crippen molar-refractivity contribution < 1.29 is 14.3 Å². The van der Waals surface area contributed by atoms with Crippen LogP contribution in [0.15, 0.2) is 59.6 Å². The number of aromatic nitrogens is 1. The van der Waals surface area contributed by atoms with E-state index >= 15 is 0 Å². The Kier molecular flexibility index (Phi) is 4.61. The summed E-state index contributed by atoms with van der Waals surface area (Å²) in [6.07, 6.45) is 1.32. The molecule has 5 heteroatoms. The Labute approximate surface area is 140 Å². The lowest BCUT2D eigenvalue weighted by molar-refractivity contribution is 0.0590. The highest BCUT2D eigenvalue weighted by Gasteiger charge is 2.23. The molecular weight excluding hydrogens is 304 g/mol. The summed E-state index contributed by atoms with van der Waals surface area (Å²) in [5.41, 5.74) is 2.97. The van der Waals surface area contributed by atoms with Crippen LogP contribution in [0, 0.1) is 0 Å². The first-order valence-electron chi connectivity index (χ1n) is 7.55. The van der Waals surface area contributed by atoms with E-state index in [2.05, 4.69) is 4.99 Å². The number of methoxy groups -OCH3 is 2. The van der Waals surface area contributed by atoms with Gasteiger partial charge in [-0.25, -0.2) is 9.79 Å². The van der Waals surface area contributed by atoms with Crippen LogP contribution in [0.4, 0.5) is 5.69 Å². The zero-order valence-electron chi connectivity index (χ0n) is 13.6. The number of benzene rings is 2. The molecule has 0 bridgehead atoms. The van der Waals surface area contributed by atoms with Crippen molar-refractivity contribution in [2.24, 2.45) is 4.99 Å². The van der Waals surface area contributed by atoms with Crippen LogP contribution >= 0.6 is 0 Å². The fourth-order valence-electron chi connectivity index (χ4n) is 2.75. The van der Waals surface area contributed by atoms with Gasteiger partial charge in [-0.05, 0) is 11.6 Å². The smallest absolute Gasteiger partial charge is 0.356 e. The molecule has 0 fully saturated rings. The third-order valence-electron chi connectivity index (χ3n) is 3.79. The molecule has 0 aliphatic rings. The summed E-state index contributed by atoms with van der Waals surface area (Å²) in [6.45, 7) is 0.550. The van der Waals surface area contributed by atoms with Gasteiger partial charge in [-0.15, -0.1) is 0 Å². The number of rotatable bonds is 5. The van der Waals surface area contributed by atoms with Crippen molar-refractivity contribution in [3.8, 4) is 0 Å². The van der Waals surface area contributed by atoms with Gasteiger partial charge in [-0.2, -0.15) is 0 Å². The van der Waals surface area contributed by atoms with Gasteiger partial charge in [0.1, 0.15) is 5.69 Å². The second-order valence-electron chi connectivity index (χ2n) is 5.25. The lowest BCUT2D eigenvalue weighted by atomic mass is 10.2. The van der Waals surface area contributed by atoms with Crippen molar-refractivity contribution in [2.75, 3.05) is 14.2 Å². The molecule has 0 atom stereocenters. The zero-order valence-corrected chi connectivity index (χ0v) is 13.6. The second-order valence-corrected chi connectivity index (χ2v) is 5.25. The Bertz CT molecular complexity index is 882. The summed E-state index contributed by atoms with van der Waals surface area (Å²) in [4.78, 5) is 16.7. The maximum Gasteiger partial charge on any atom is 0.356 e. The van der Waals surface area contributed by atoms with Gasteiger partial charge >= 0.3 is 5.97 Å². The zero-order chi connectivity index (χ0) is 16.9. The average molecular weight is 322 g/mol. The molecule has 0 saturated carbocycles. The van der Waals surface area contributed by atoms with Crippen LogP contribution in [0.25, 0.3) is 10.9 Å². The summed E-state index contributed by atoms with van der Waals surface area (Å²) in [5.74, 6) is -0.426. The van der Waals surface area contributed by atoms with Gasteiger partial charge in [-0.3, -0.25) is 0 Å². The van der Waals surface area contributed by atoms with Crippen molar-refractivity contribution in [1.82, 2.24) is 4.57 Å². The van der Waals surface area contributed by atoms with E-state index in [4.69, 9.17) is 9.47 Å². The Balaban J connectivity index is 2.25. The minimum Gasteiger partial charge on any atom is -0.486 e. The molecule has 1 heterocycles. The van der Waals surface area contributed by atoms with Crippen molar-refractivity contribution in [2.45, 2.75) is 6.54 Å². The number of hydrogen-bond acceptors (Lipinski definition) is 4. The molecule has 2 aromatic carbocycles. The first-order valence-corrected chi connectivity index (χ1v) is 7.55. The van der Waals surface area contributed by atoms with Gasteiger partial charge in [0.15, 0.2) is 12.1 Å². The van der Waals surface area contributed by atoms with E-state index in [9.17, 15) is 4.79 Å². The SMILES string of the molecule is COC=Nc1c(C(=O)OC)n(Cc2ccccc2)c2ccccc12. The summed E-state index contributed by atoms with van der Waals surface area (Å²) >= 11 is 0. The standard InChI is InChI=1S/C19H18N2O3/c1-23-13-20-17-15-10-6-7-11-16(15)21(18(17)19(22)24-2)12-14-8-4-3-5-9-14/h3-11,13H,12H2,1-2H3. The van der Waals surface area contributed by atoms with Crippen molar-refractivity contribution in [3.05, 3.63) is 65.9 Å². The summed E-state index contributed by atoms with van der Waals surface area (Å²) in [7, 11) is 2.89. The van der Waals surface area contributed by atoms with Crippen LogP contribution in [0.5, 0.6) is 0 Å². The third kappa shape index (κ3) is 2.88. The molecule has 0 saturated heterocycles. The molecule has 0 amide bonds. The quantitative estimate of drug-likeness (QED) is 0.408. The van der Waals surface area contributed by atoms with Crippen molar-refractivity contribution >= 4 is 29.0 Å². The van der Waals surface area contributed by atoms with Gasteiger partial charge < -0.3 is 14.0 Å². The Morgan fingerprint density at radius 2 is 1.79 bits per heavy atom. The van der Waals surface area contributed by atoms with Crippen molar-refractivity contribution in [3.63, 3.8) is 0 Å². The third-order valence-corrected chi connectivity index (χ3v) is 3.79. The number of para-hydroxylation sites is 1. The molecule has 24 heavy (non-hydrogen) atoms. The summed E-state index contributed by atoms with van der Waals surface area (Å²) in [6, 6.07) is 17.7. The lowest BCUT2D eigenvalue weighted by Crippen LogP contribution is -2.11. The van der Waals surface area contributed by atoms with Crippen LogP contribution in [0.1, 0.15) is 16.1 Å². The fourth-order valence-corrected chi connectivity index (χ4v) is 2.75. The molecule has 0 aliphatic carbocycles. The minimum absolute atomic E-state index is 0.413. The highest BCUT2D eigenvalue weighted by atomic mass is 16.5. The highest BCUT2D eigenvalue weighted by molar-refractivity contribution is 6.06. The van der Waals surface area contributed by atoms with Gasteiger partial charge in [-0.1, -0.05) is 48.5 Å². The number of carbonyl (C=O) groups excluding carboxylic acids is 1. The van der Waals surface area contributed by atoms with Crippen LogP contribution in [0.3, 0.4) is 0 Å². The number of esters is 1. The van der Waals surface area contributed by atoms with E-state index < -0.39 is 5.97 Å². The normalized spacial score (nSPS) is 11.1. The molecule has 0 spiro atoms. The minimum atomic E-state index is -0.426. The number of nitrogens with zero attached hydrogens (tertiary/aromatic N) is 2. The summed E-state index contributed by atoms with van der Waals surface area (Å²) < 4.78 is 11.9. The van der Waals surface area contributed by atoms with E-state index in [0.717, 1.165) is 16.5 Å². The lowest BCUT2D eigenvalue weighted by Gasteiger charge is -2.10. The largest absolute Gasteiger partial charge is 0.486 e. The Hall–Kier alpha value is -3.08. The highest BCUT2D eigenvalue weighted by Crippen LogP contribution is 2.34. The molecule has 0 N–H and O–H groups in total. The molecule has 5 nitrogen and oxygen atoms in total. The van der Waals surface area contributed by atoms with Crippen LogP contribution in [-0.2, 0) is 16.0 Å². The van der Waals surface area contributed by atoms with Crippen molar-refractivity contribution in [1.29, 1.82) is 0 Å². The predicted molar refractivity (Wildman–Crippen MR) is 94.0 cm³/mol. The van der Waals surface area contributed by atoms with E-state index in [1.165, 1.54) is 20.6 Å². The molecule has 1 aromatic heterocycles. The number of hydrogen-bond donors (Lipinski definition) is 0. The van der Waals surface area contributed by atoms with Crippen LogP contribution < -0.4 is 0 Å². The van der Waals surface area contributed by atoms with E-state index in [-0.39, 0.29) is 0 Å². The maximum absolute atomic E-state index is 12.4. The van der Waals surface area contributed by atoms with Gasteiger partial charge in [0.2, 0.25) is 0 Å². The molecule has 3 aromatic rings. The average Bonchev–Trinajstić information content (AvgIpc) is 2.94. The number of carbonyl (C=O) groups is 1. The van der Waals surface area contributed by atoms with E-state index in [1.54, 1.807) is 0 Å². The Morgan fingerprint density at radius 3 is 2.50 bits per heavy atom. The molecule has 3 rings (SSSR count). The monoisotopic (exact) mass is 322 g/mol. The molecule has 122 valence electrons. The first-order chi connectivity index (χ1) is 11.8. The Morgan fingerprint density at radius 1 is 1.08 bits per heavy atom. The molecule has 0 radical (unpaired) electrons. The maximum atomic E-state index is 12.4. The number of fused-ring (bicyclic) bond motifs is 1.